The highest BCUT2D eigenvalue weighted by atomic mass is 16.4. The predicted molar refractivity (Wildman–Crippen MR) is 114 cm³/mol. The number of hydrogen-bond acceptors (Lipinski definition) is 5. The number of amides is 1. The number of aromatic nitrogens is 2. The van der Waals surface area contributed by atoms with Crippen LogP contribution in [0, 0.1) is 0 Å². The first-order valence-electron chi connectivity index (χ1n) is 10.3. The fourth-order valence-electron chi connectivity index (χ4n) is 3.84. The normalized spacial score (nSPS) is 13.0. The molecule has 1 N–H and O–H groups in total. The molecular weight excluding hydrogens is 364 g/mol. The van der Waals surface area contributed by atoms with E-state index < -0.39 is 0 Å². The number of nitrogens with zero attached hydrogens (tertiary/aromatic N) is 3. The molecule has 0 radical (unpaired) electrons. The number of carbonyl (C=O) groups is 1. The smallest absolute Gasteiger partial charge is 0.322 e. The lowest BCUT2D eigenvalue weighted by Crippen LogP contribution is -2.21. The third kappa shape index (κ3) is 4.16. The molecule has 0 fully saturated rings. The fraction of sp³-hybridized carbons (Fsp3) is 0.348. The van der Waals surface area contributed by atoms with E-state index in [0.717, 1.165) is 37.2 Å². The number of aryl methyl sites for hydroxylation is 2. The van der Waals surface area contributed by atoms with Crippen LogP contribution >= 0.6 is 0 Å². The van der Waals surface area contributed by atoms with Crippen molar-refractivity contribution in [3.05, 3.63) is 59.2 Å². The van der Waals surface area contributed by atoms with Crippen molar-refractivity contribution in [3.63, 3.8) is 0 Å². The quantitative estimate of drug-likeness (QED) is 0.660. The molecule has 3 aromatic rings. The van der Waals surface area contributed by atoms with Crippen LogP contribution in [-0.2, 0) is 12.8 Å². The van der Waals surface area contributed by atoms with E-state index in [1.165, 1.54) is 24.0 Å². The largest absolute Gasteiger partial charge is 0.403 e. The zero-order valence-electron chi connectivity index (χ0n) is 16.9. The van der Waals surface area contributed by atoms with Gasteiger partial charge in [-0.15, -0.1) is 5.10 Å². The van der Waals surface area contributed by atoms with E-state index in [4.69, 9.17) is 4.42 Å². The van der Waals surface area contributed by atoms with Crippen molar-refractivity contribution in [1.82, 2.24) is 10.2 Å². The van der Waals surface area contributed by atoms with Crippen LogP contribution in [0.15, 0.2) is 46.9 Å². The van der Waals surface area contributed by atoms with Crippen LogP contribution in [0.5, 0.6) is 0 Å². The molecule has 6 nitrogen and oxygen atoms in total. The van der Waals surface area contributed by atoms with Gasteiger partial charge in [-0.2, -0.15) is 0 Å². The molecule has 0 unspecified atom stereocenters. The summed E-state index contributed by atoms with van der Waals surface area (Å²) in [5.74, 6) is 0.155. The van der Waals surface area contributed by atoms with Gasteiger partial charge in [0.25, 0.3) is 5.91 Å². The molecule has 1 amide bonds. The summed E-state index contributed by atoms with van der Waals surface area (Å²) in [6, 6.07) is 13.9. The minimum Gasteiger partial charge on any atom is -0.403 e. The number of anilines is 2. The topological polar surface area (TPSA) is 71.3 Å². The Labute approximate surface area is 170 Å². The first-order chi connectivity index (χ1) is 14.2. The van der Waals surface area contributed by atoms with Gasteiger partial charge in [0.2, 0.25) is 5.89 Å². The molecule has 1 aliphatic rings. The molecule has 0 atom stereocenters. The Morgan fingerprint density at radius 2 is 1.72 bits per heavy atom. The van der Waals surface area contributed by atoms with Crippen molar-refractivity contribution in [2.75, 3.05) is 23.3 Å². The SMILES string of the molecule is CCN(CC)c1ccc(C(=O)Nc2nnc(-c3ccc4c(c3)CCCC4)o2)cc1. The van der Waals surface area contributed by atoms with Gasteiger partial charge in [-0.3, -0.25) is 10.1 Å². The predicted octanol–water partition coefficient (Wildman–Crippen LogP) is 4.71. The van der Waals surface area contributed by atoms with E-state index in [0.29, 0.717) is 11.5 Å². The first kappa shape index (κ1) is 19.2. The van der Waals surface area contributed by atoms with Crippen molar-refractivity contribution in [2.45, 2.75) is 39.5 Å². The molecule has 2 aromatic carbocycles. The molecule has 1 aromatic heterocycles. The Balaban J connectivity index is 1.45. The van der Waals surface area contributed by atoms with E-state index in [9.17, 15) is 4.79 Å². The molecule has 0 spiro atoms. The average Bonchev–Trinajstić information content (AvgIpc) is 3.23. The second-order valence-electron chi connectivity index (χ2n) is 7.28. The van der Waals surface area contributed by atoms with Crippen LogP contribution in [-0.4, -0.2) is 29.2 Å². The Kier molecular flexibility index (Phi) is 5.60. The van der Waals surface area contributed by atoms with Crippen LogP contribution in [0.25, 0.3) is 11.5 Å². The van der Waals surface area contributed by atoms with Crippen molar-refractivity contribution < 1.29 is 9.21 Å². The summed E-state index contributed by atoms with van der Waals surface area (Å²) in [5.41, 5.74) is 5.29. The van der Waals surface area contributed by atoms with E-state index in [1.807, 2.05) is 30.3 Å². The number of hydrogen-bond donors (Lipinski definition) is 1. The lowest BCUT2D eigenvalue weighted by Gasteiger charge is -2.20. The average molecular weight is 390 g/mol. The minimum atomic E-state index is -0.267. The molecule has 0 aliphatic heterocycles. The summed E-state index contributed by atoms with van der Waals surface area (Å²) in [7, 11) is 0. The lowest BCUT2D eigenvalue weighted by atomic mass is 9.90. The molecule has 1 heterocycles. The van der Waals surface area contributed by atoms with E-state index in [2.05, 4.69) is 46.4 Å². The molecule has 0 saturated heterocycles. The first-order valence-corrected chi connectivity index (χ1v) is 10.3. The highest BCUT2D eigenvalue weighted by Gasteiger charge is 2.16. The van der Waals surface area contributed by atoms with Crippen molar-refractivity contribution in [3.8, 4) is 11.5 Å². The zero-order valence-corrected chi connectivity index (χ0v) is 16.9. The van der Waals surface area contributed by atoms with Crippen LogP contribution in [0.1, 0.15) is 48.2 Å². The number of rotatable bonds is 6. The second-order valence-corrected chi connectivity index (χ2v) is 7.28. The van der Waals surface area contributed by atoms with Gasteiger partial charge in [0.05, 0.1) is 0 Å². The van der Waals surface area contributed by atoms with Crippen molar-refractivity contribution >= 4 is 17.6 Å². The second kappa shape index (κ2) is 8.47. The number of fused-ring (bicyclic) bond motifs is 1. The van der Waals surface area contributed by atoms with Gasteiger partial charge < -0.3 is 9.32 Å². The summed E-state index contributed by atoms with van der Waals surface area (Å²) >= 11 is 0. The van der Waals surface area contributed by atoms with Gasteiger partial charge in [0, 0.05) is 29.9 Å². The molecule has 0 bridgehead atoms. The van der Waals surface area contributed by atoms with Crippen molar-refractivity contribution in [2.24, 2.45) is 0 Å². The zero-order chi connectivity index (χ0) is 20.2. The Bertz CT molecular complexity index is 990. The molecule has 4 rings (SSSR count). The lowest BCUT2D eigenvalue weighted by molar-refractivity contribution is 0.102. The highest BCUT2D eigenvalue weighted by molar-refractivity contribution is 6.03. The highest BCUT2D eigenvalue weighted by Crippen LogP contribution is 2.27. The molecule has 6 heteroatoms. The van der Waals surface area contributed by atoms with Gasteiger partial charge in [-0.05, 0) is 87.1 Å². The van der Waals surface area contributed by atoms with E-state index in [1.54, 1.807) is 0 Å². The van der Waals surface area contributed by atoms with Crippen LogP contribution < -0.4 is 10.2 Å². The fourth-order valence-corrected chi connectivity index (χ4v) is 3.84. The van der Waals surface area contributed by atoms with Gasteiger partial charge in [0.15, 0.2) is 0 Å². The van der Waals surface area contributed by atoms with Gasteiger partial charge in [0.1, 0.15) is 0 Å². The summed E-state index contributed by atoms with van der Waals surface area (Å²) in [6.07, 6.45) is 4.69. The standard InChI is InChI=1S/C23H26N4O2/c1-3-27(4-2)20-13-11-17(12-14-20)21(28)24-23-26-25-22(29-23)19-10-9-16-7-5-6-8-18(16)15-19/h9-15H,3-8H2,1-2H3,(H,24,26,28). The van der Waals surface area contributed by atoms with Crippen LogP contribution in [0.3, 0.4) is 0 Å². The number of carbonyl (C=O) groups excluding carboxylic acids is 1. The summed E-state index contributed by atoms with van der Waals surface area (Å²) in [6.45, 7) is 6.07. The van der Waals surface area contributed by atoms with Crippen LogP contribution in [0.2, 0.25) is 0 Å². The maximum atomic E-state index is 12.5. The summed E-state index contributed by atoms with van der Waals surface area (Å²) in [5, 5.41) is 10.8. The summed E-state index contributed by atoms with van der Waals surface area (Å²) in [4.78, 5) is 14.7. The molecular formula is C23H26N4O2. The van der Waals surface area contributed by atoms with Crippen LogP contribution in [0.4, 0.5) is 11.7 Å². The van der Waals surface area contributed by atoms with E-state index in [-0.39, 0.29) is 11.9 Å². The molecule has 1 aliphatic carbocycles. The van der Waals surface area contributed by atoms with Gasteiger partial charge >= 0.3 is 6.01 Å². The van der Waals surface area contributed by atoms with Crippen molar-refractivity contribution in [1.29, 1.82) is 0 Å². The van der Waals surface area contributed by atoms with E-state index >= 15 is 0 Å². The Morgan fingerprint density at radius 1 is 1.00 bits per heavy atom. The minimum absolute atomic E-state index is 0.107. The third-order valence-corrected chi connectivity index (χ3v) is 5.50. The number of nitrogens with one attached hydrogen (secondary N) is 1. The Hall–Kier alpha value is -3.15. The number of benzene rings is 2. The summed E-state index contributed by atoms with van der Waals surface area (Å²) < 4.78 is 5.69. The Morgan fingerprint density at radius 3 is 2.45 bits per heavy atom. The maximum absolute atomic E-state index is 12.5. The third-order valence-electron chi connectivity index (χ3n) is 5.50. The molecule has 29 heavy (non-hydrogen) atoms. The monoisotopic (exact) mass is 390 g/mol. The van der Waals surface area contributed by atoms with Gasteiger partial charge in [-0.1, -0.05) is 11.2 Å². The molecule has 150 valence electrons. The molecule has 0 saturated carbocycles. The maximum Gasteiger partial charge on any atom is 0.322 e. The van der Waals surface area contributed by atoms with Gasteiger partial charge in [-0.25, -0.2) is 0 Å².